The first-order chi connectivity index (χ1) is 23.8. The third-order valence-electron chi connectivity index (χ3n) is 9.26. The largest absolute Gasteiger partial charge is 0.310 e. The molecule has 226 valence electrons. The molecule has 9 aromatic rings. The molecule has 0 radical (unpaired) electrons. The fourth-order valence-electron chi connectivity index (χ4n) is 6.86. The highest BCUT2D eigenvalue weighted by Gasteiger charge is 2.15. The van der Waals surface area contributed by atoms with E-state index in [0.29, 0.717) is 0 Å². The zero-order valence-electron chi connectivity index (χ0n) is 26.3. The Balaban J connectivity index is 1.13. The minimum Gasteiger partial charge on any atom is -0.310 e. The van der Waals surface area contributed by atoms with Crippen molar-refractivity contribution < 1.29 is 0 Å². The average molecular weight is 630 g/mol. The number of hydrogen-bond donors (Lipinski definition) is 0. The van der Waals surface area contributed by atoms with Gasteiger partial charge in [0.25, 0.3) is 0 Å². The van der Waals surface area contributed by atoms with Crippen LogP contribution in [0.3, 0.4) is 0 Å². The van der Waals surface area contributed by atoms with E-state index in [1.54, 1.807) is 0 Å². The molecule has 0 unspecified atom stereocenters. The van der Waals surface area contributed by atoms with Crippen LogP contribution >= 0.6 is 11.3 Å². The lowest BCUT2D eigenvalue weighted by Gasteiger charge is -2.26. The van der Waals surface area contributed by atoms with Gasteiger partial charge in [-0.25, -0.2) is 0 Å². The van der Waals surface area contributed by atoms with Gasteiger partial charge in [0.05, 0.1) is 0 Å². The molecule has 9 rings (SSSR count). The fraction of sp³-hybridized carbons (Fsp3) is 0. The molecule has 1 heterocycles. The summed E-state index contributed by atoms with van der Waals surface area (Å²) in [5.74, 6) is 0. The molecule has 1 nitrogen and oxygen atoms in total. The van der Waals surface area contributed by atoms with Crippen LogP contribution in [-0.4, -0.2) is 0 Å². The number of nitrogens with zero attached hydrogens (tertiary/aromatic N) is 1. The second-order valence-electron chi connectivity index (χ2n) is 12.2. The van der Waals surface area contributed by atoms with E-state index >= 15 is 0 Å². The molecule has 0 bridgehead atoms. The predicted molar refractivity (Wildman–Crippen MR) is 208 cm³/mol. The van der Waals surface area contributed by atoms with Gasteiger partial charge in [-0.1, -0.05) is 133 Å². The highest BCUT2D eigenvalue weighted by atomic mass is 32.1. The lowest BCUT2D eigenvalue weighted by Crippen LogP contribution is -2.10. The molecular formula is C46H31NS. The number of fused-ring (bicyclic) bond motifs is 5. The number of thiophene rings is 1. The van der Waals surface area contributed by atoms with Crippen LogP contribution in [-0.2, 0) is 0 Å². The first-order valence-electron chi connectivity index (χ1n) is 16.3. The van der Waals surface area contributed by atoms with Gasteiger partial charge in [-0.2, -0.15) is 0 Å². The molecule has 2 heteroatoms. The minimum atomic E-state index is 1.11. The topological polar surface area (TPSA) is 3.24 Å². The molecule has 8 aromatic carbocycles. The van der Waals surface area contributed by atoms with E-state index in [1.165, 1.54) is 64.3 Å². The summed E-state index contributed by atoms with van der Waals surface area (Å²) in [6.45, 7) is 0. The van der Waals surface area contributed by atoms with Crippen LogP contribution in [0.5, 0.6) is 0 Å². The maximum absolute atomic E-state index is 2.37. The van der Waals surface area contributed by atoms with E-state index in [-0.39, 0.29) is 0 Å². The number of rotatable bonds is 6. The quantitative estimate of drug-likeness (QED) is 0.177. The Labute approximate surface area is 284 Å². The summed E-state index contributed by atoms with van der Waals surface area (Å²) in [4.78, 5) is 2.35. The Morgan fingerprint density at radius 3 is 1.54 bits per heavy atom. The van der Waals surface area contributed by atoms with Crippen LogP contribution in [0.4, 0.5) is 17.1 Å². The van der Waals surface area contributed by atoms with Crippen molar-refractivity contribution in [1.29, 1.82) is 0 Å². The summed E-state index contributed by atoms with van der Waals surface area (Å²) in [7, 11) is 0. The Bertz CT molecular complexity index is 2530. The van der Waals surface area contributed by atoms with Crippen molar-refractivity contribution in [1.82, 2.24) is 0 Å². The predicted octanol–water partition coefficient (Wildman–Crippen LogP) is 13.7. The zero-order valence-corrected chi connectivity index (χ0v) is 27.1. The lowest BCUT2D eigenvalue weighted by molar-refractivity contribution is 1.28. The van der Waals surface area contributed by atoms with Crippen LogP contribution in [0, 0.1) is 0 Å². The molecule has 1 aromatic heterocycles. The smallest absolute Gasteiger partial charge is 0.0467 e. The summed E-state index contributed by atoms with van der Waals surface area (Å²) < 4.78 is 2.67. The monoisotopic (exact) mass is 629 g/mol. The van der Waals surface area contributed by atoms with E-state index in [0.717, 1.165) is 17.1 Å². The molecule has 0 aliphatic carbocycles. The molecule has 0 atom stereocenters. The van der Waals surface area contributed by atoms with Crippen molar-refractivity contribution in [3.8, 4) is 33.4 Å². The van der Waals surface area contributed by atoms with Crippen molar-refractivity contribution in [3.63, 3.8) is 0 Å². The standard InChI is InChI=1S/C46H31NS/c1-3-10-32(11-4-1)34-20-25-39(26-21-34)47(41-15-9-14-37(30-41)33-12-5-2-6-13-33)40-27-22-35(23-28-40)38-19-18-36-24-29-45-46(43(36)31-38)42-16-7-8-17-44(42)48-45/h1-31H. The fourth-order valence-corrected chi connectivity index (χ4v) is 7.98. The van der Waals surface area contributed by atoms with Crippen molar-refractivity contribution in [2.75, 3.05) is 4.90 Å². The number of anilines is 3. The highest BCUT2D eigenvalue weighted by Crippen LogP contribution is 2.41. The maximum Gasteiger partial charge on any atom is 0.0467 e. The third kappa shape index (κ3) is 5.13. The third-order valence-corrected chi connectivity index (χ3v) is 10.4. The summed E-state index contributed by atoms with van der Waals surface area (Å²) in [5.41, 5.74) is 10.6. The van der Waals surface area contributed by atoms with Gasteiger partial charge in [-0.05, 0) is 98.8 Å². The second-order valence-corrected chi connectivity index (χ2v) is 13.3. The molecule has 0 N–H and O–H groups in total. The van der Waals surface area contributed by atoms with Crippen LogP contribution in [0.1, 0.15) is 0 Å². The van der Waals surface area contributed by atoms with Crippen LogP contribution in [0.25, 0.3) is 64.3 Å². The van der Waals surface area contributed by atoms with Gasteiger partial charge < -0.3 is 4.90 Å². The van der Waals surface area contributed by atoms with Crippen molar-refractivity contribution in [3.05, 3.63) is 188 Å². The van der Waals surface area contributed by atoms with E-state index in [4.69, 9.17) is 0 Å². The Hall–Kier alpha value is -5.96. The highest BCUT2D eigenvalue weighted by molar-refractivity contribution is 7.26. The summed E-state index contributed by atoms with van der Waals surface area (Å²) >= 11 is 1.87. The molecule has 48 heavy (non-hydrogen) atoms. The summed E-state index contributed by atoms with van der Waals surface area (Å²) in [6, 6.07) is 68.1. The van der Waals surface area contributed by atoms with E-state index in [2.05, 4.69) is 193 Å². The molecule has 0 aliphatic rings. The van der Waals surface area contributed by atoms with E-state index < -0.39 is 0 Å². The number of hydrogen-bond acceptors (Lipinski definition) is 2. The van der Waals surface area contributed by atoms with E-state index in [1.807, 2.05) is 11.3 Å². The van der Waals surface area contributed by atoms with Crippen molar-refractivity contribution >= 4 is 59.3 Å². The molecule has 0 amide bonds. The molecule has 0 spiro atoms. The first kappa shape index (κ1) is 28.3. The van der Waals surface area contributed by atoms with Crippen LogP contribution in [0.15, 0.2) is 188 Å². The lowest BCUT2D eigenvalue weighted by atomic mass is 9.98. The van der Waals surface area contributed by atoms with Gasteiger partial charge in [-0.15, -0.1) is 11.3 Å². The Kier molecular flexibility index (Phi) is 7.07. The molecule has 0 saturated heterocycles. The normalized spacial score (nSPS) is 11.3. The van der Waals surface area contributed by atoms with Gasteiger partial charge in [0.15, 0.2) is 0 Å². The van der Waals surface area contributed by atoms with Gasteiger partial charge in [0.1, 0.15) is 0 Å². The van der Waals surface area contributed by atoms with Gasteiger partial charge in [0, 0.05) is 37.2 Å². The van der Waals surface area contributed by atoms with Crippen LogP contribution < -0.4 is 4.90 Å². The van der Waals surface area contributed by atoms with Gasteiger partial charge >= 0.3 is 0 Å². The summed E-state index contributed by atoms with van der Waals surface area (Å²) in [5, 5.41) is 5.27. The van der Waals surface area contributed by atoms with Gasteiger partial charge in [0.2, 0.25) is 0 Å². The Morgan fingerprint density at radius 1 is 0.312 bits per heavy atom. The SMILES string of the molecule is c1ccc(-c2ccc(N(c3ccc(-c4ccc5ccc6sc7ccccc7c6c5c4)cc3)c3cccc(-c4ccccc4)c3)cc2)cc1. The first-order valence-corrected chi connectivity index (χ1v) is 17.2. The molecule has 0 fully saturated rings. The van der Waals surface area contributed by atoms with Crippen LogP contribution in [0.2, 0.25) is 0 Å². The maximum atomic E-state index is 2.37. The van der Waals surface area contributed by atoms with Gasteiger partial charge in [-0.3, -0.25) is 0 Å². The number of benzene rings is 8. The molecular weight excluding hydrogens is 599 g/mol. The van der Waals surface area contributed by atoms with Crippen molar-refractivity contribution in [2.45, 2.75) is 0 Å². The van der Waals surface area contributed by atoms with Crippen molar-refractivity contribution in [2.24, 2.45) is 0 Å². The Morgan fingerprint density at radius 2 is 0.833 bits per heavy atom. The second kappa shape index (κ2) is 12.0. The molecule has 0 aliphatic heterocycles. The minimum absolute atomic E-state index is 1.11. The summed E-state index contributed by atoms with van der Waals surface area (Å²) in [6.07, 6.45) is 0. The average Bonchev–Trinajstić information content (AvgIpc) is 3.56. The molecule has 0 saturated carbocycles. The van der Waals surface area contributed by atoms with E-state index in [9.17, 15) is 0 Å². The zero-order chi connectivity index (χ0) is 31.9.